The zero-order valence-electron chi connectivity index (χ0n) is 11.6. The fourth-order valence-corrected chi connectivity index (χ4v) is 3.19. The van der Waals surface area contributed by atoms with E-state index >= 15 is 0 Å². The number of hydrogen-bond acceptors (Lipinski definition) is 4. The van der Waals surface area contributed by atoms with E-state index in [-0.39, 0.29) is 11.5 Å². The summed E-state index contributed by atoms with van der Waals surface area (Å²) >= 11 is 0. The average Bonchev–Trinajstić information content (AvgIpc) is 2.94. The van der Waals surface area contributed by atoms with Crippen LogP contribution in [0, 0.1) is 5.92 Å². The molecule has 1 aliphatic heterocycles. The maximum atomic E-state index is 5.46. The summed E-state index contributed by atoms with van der Waals surface area (Å²) in [5.41, 5.74) is -0.0346. The van der Waals surface area contributed by atoms with Crippen LogP contribution in [-0.4, -0.2) is 16.2 Å². The summed E-state index contributed by atoms with van der Waals surface area (Å²) in [6.45, 7) is 6.34. The van der Waals surface area contributed by atoms with Crippen molar-refractivity contribution in [3.8, 4) is 0 Å². The molecule has 2 fully saturated rings. The summed E-state index contributed by atoms with van der Waals surface area (Å²) in [6.07, 6.45) is 6.57. The summed E-state index contributed by atoms with van der Waals surface area (Å²) in [5.74, 6) is 2.41. The first kappa shape index (κ1) is 12.2. The Hall–Kier alpha value is -0.900. The number of rotatable bonds is 1. The van der Waals surface area contributed by atoms with Gasteiger partial charge in [-0.2, -0.15) is 4.98 Å². The Labute approximate surface area is 109 Å². The summed E-state index contributed by atoms with van der Waals surface area (Å²) in [6, 6.07) is 0.954. The van der Waals surface area contributed by atoms with Gasteiger partial charge in [0.2, 0.25) is 5.89 Å². The lowest BCUT2D eigenvalue weighted by atomic mass is 9.85. The van der Waals surface area contributed by atoms with Crippen molar-refractivity contribution in [3.05, 3.63) is 11.7 Å². The Bertz CT molecular complexity index is 407. The first-order chi connectivity index (χ1) is 8.54. The van der Waals surface area contributed by atoms with Crippen molar-refractivity contribution in [3.63, 3.8) is 0 Å². The maximum Gasteiger partial charge on any atom is 0.243 e. The Balaban J connectivity index is 1.74. The van der Waals surface area contributed by atoms with E-state index in [1.165, 1.54) is 25.7 Å². The largest absolute Gasteiger partial charge is 0.338 e. The van der Waals surface area contributed by atoms with Gasteiger partial charge >= 0.3 is 0 Å². The van der Waals surface area contributed by atoms with Crippen LogP contribution in [0.1, 0.15) is 70.6 Å². The number of hydrogen-bond donors (Lipinski definition) is 1. The third kappa shape index (κ3) is 2.18. The number of nitrogens with zero attached hydrogens (tertiary/aromatic N) is 2. The molecule has 0 spiro atoms. The van der Waals surface area contributed by atoms with Gasteiger partial charge in [0.1, 0.15) is 0 Å². The first-order valence-electron chi connectivity index (χ1n) is 7.14. The molecule has 3 rings (SSSR count). The maximum absolute atomic E-state index is 5.46. The number of nitrogens with one attached hydrogen (secondary N) is 1. The van der Waals surface area contributed by atoms with Crippen LogP contribution in [0.4, 0.5) is 0 Å². The zero-order chi connectivity index (χ0) is 12.8. The fraction of sp³-hybridized carbons (Fsp3) is 0.857. The van der Waals surface area contributed by atoms with E-state index in [1.54, 1.807) is 0 Å². The molecule has 0 amide bonds. The average molecular weight is 249 g/mol. The van der Waals surface area contributed by atoms with Crippen molar-refractivity contribution in [1.82, 2.24) is 15.5 Å². The highest BCUT2D eigenvalue weighted by Crippen LogP contribution is 2.38. The van der Waals surface area contributed by atoms with Crippen LogP contribution in [0.2, 0.25) is 0 Å². The van der Waals surface area contributed by atoms with Crippen molar-refractivity contribution in [1.29, 1.82) is 0 Å². The van der Waals surface area contributed by atoms with Crippen molar-refractivity contribution >= 4 is 0 Å². The Morgan fingerprint density at radius 2 is 2.00 bits per heavy atom. The minimum Gasteiger partial charge on any atom is -0.338 e. The molecule has 2 heterocycles. The molecule has 4 nitrogen and oxygen atoms in total. The van der Waals surface area contributed by atoms with Crippen LogP contribution in [0.5, 0.6) is 0 Å². The highest BCUT2D eigenvalue weighted by Gasteiger charge is 2.38. The van der Waals surface area contributed by atoms with Gasteiger partial charge in [-0.3, -0.25) is 0 Å². The van der Waals surface area contributed by atoms with Gasteiger partial charge in [0.15, 0.2) is 5.82 Å². The number of aromatic nitrogens is 2. The molecule has 4 heteroatoms. The summed E-state index contributed by atoms with van der Waals surface area (Å²) in [5, 5.41) is 7.80. The number of fused-ring (bicyclic) bond motifs is 1. The zero-order valence-corrected chi connectivity index (χ0v) is 11.6. The smallest absolute Gasteiger partial charge is 0.243 e. The molecule has 3 unspecified atom stereocenters. The van der Waals surface area contributed by atoms with E-state index < -0.39 is 0 Å². The van der Waals surface area contributed by atoms with Crippen LogP contribution in [0.15, 0.2) is 4.52 Å². The molecule has 1 aromatic heterocycles. The second kappa shape index (κ2) is 4.34. The predicted octanol–water partition coefficient (Wildman–Crippen LogP) is 2.96. The van der Waals surface area contributed by atoms with E-state index in [0.29, 0.717) is 6.04 Å². The molecule has 0 bridgehead atoms. The van der Waals surface area contributed by atoms with Gasteiger partial charge in [0, 0.05) is 11.5 Å². The Kier molecular flexibility index (Phi) is 2.93. The highest BCUT2D eigenvalue weighted by atomic mass is 16.5. The molecule has 1 aliphatic carbocycles. The third-order valence-corrected chi connectivity index (χ3v) is 4.27. The monoisotopic (exact) mass is 249 g/mol. The molecule has 100 valence electrons. The van der Waals surface area contributed by atoms with Gasteiger partial charge in [-0.25, -0.2) is 0 Å². The van der Waals surface area contributed by atoms with Crippen LogP contribution >= 0.6 is 0 Å². The minimum atomic E-state index is -0.0346. The second-order valence-electron chi connectivity index (χ2n) is 6.81. The van der Waals surface area contributed by atoms with Crippen LogP contribution < -0.4 is 5.32 Å². The normalized spacial score (nSPS) is 32.5. The molecule has 0 radical (unpaired) electrons. The molecule has 1 saturated heterocycles. The van der Waals surface area contributed by atoms with Gasteiger partial charge < -0.3 is 9.84 Å². The molecular formula is C14H23N3O. The molecule has 3 atom stereocenters. The molecule has 2 aliphatic rings. The summed E-state index contributed by atoms with van der Waals surface area (Å²) in [7, 11) is 0. The molecule has 0 aromatic carbocycles. The topological polar surface area (TPSA) is 51.0 Å². The molecular weight excluding hydrogens is 226 g/mol. The van der Waals surface area contributed by atoms with E-state index in [1.807, 2.05) is 0 Å². The molecule has 1 saturated carbocycles. The van der Waals surface area contributed by atoms with E-state index in [2.05, 4.69) is 36.2 Å². The summed E-state index contributed by atoms with van der Waals surface area (Å²) in [4.78, 5) is 4.58. The van der Waals surface area contributed by atoms with Crippen molar-refractivity contribution < 1.29 is 4.52 Å². The lowest BCUT2D eigenvalue weighted by Crippen LogP contribution is -2.30. The van der Waals surface area contributed by atoms with E-state index in [9.17, 15) is 0 Å². The third-order valence-electron chi connectivity index (χ3n) is 4.27. The summed E-state index contributed by atoms with van der Waals surface area (Å²) < 4.78 is 5.46. The van der Waals surface area contributed by atoms with Crippen molar-refractivity contribution in [2.75, 3.05) is 0 Å². The lowest BCUT2D eigenvalue weighted by molar-refractivity contribution is 0.323. The van der Waals surface area contributed by atoms with Crippen LogP contribution in [0.3, 0.4) is 0 Å². The van der Waals surface area contributed by atoms with Crippen molar-refractivity contribution in [2.45, 2.75) is 70.4 Å². The lowest BCUT2D eigenvalue weighted by Gasteiger charge is -2.24. The highest BCUT2D eigenvalue weighted by molar-refractivity contribution is 5.05. The minimum absolute atomic E-state index is 0.0346. The van der Waals surface area contributed by atoms with Gasteiger partial charge in [-0.15, -0.1) is 0 Å². The van der Waals surface area contributed by atoms with Crippen LogP contribution in [-0.2, 0) is 5.41 Å². The molecule has 1 aromatic rings. The van der Waals surface area contributed by atoms with E-state index in [0.717, 1.165) is 24.1 Å². The Morgan fingerprint density at radius 3 is 2.67 bits per heavy atom. The molecule has 1 N–H and O–H groups in total. The van der Waals surface area contributed by atoms with Crippen LogP contribution in [0.25, 0.3) is 0 Å². The van der Waals surface area contributed by atoms with Gasteiger partial charge in [0.25, 0.3) is 0 Å². The second-order valence-corrected chi connectivity index (χ2v) is 6.81. The van der Waals surface area contributed by atoms with Gasteiger partial charge in [0.05, 0.1) is 6.04 Å². The SMILES string of the molecule is CC(C)(C)c1noc(C2CC3CCCCC3N2)n1. The van der Waals surface area contributed by atoms with Crippen molar-refractivity contribution in [2.24, 2.45) is 5.92 Å². The standard InChI is InChI=1S/C14H23N3O/c1-14(2,3)13-16-12(18-17-13)11-8-9-6-4-5-7-10(9)15-11/h9-11,15H,4-8H2,1-3H3. The fourth-order valence-electron chi connectivity index (χ4n) is 3.19. The van der Waals surface area contributed by atoms with E-state index in [4.69, 9.17) is 4.52 Å². The Morgan fingerprint density at radius 1 is 1.22 bits per heavy atom. The van der Waals surface area contributed by atoms with Gasteiger partial charge in [-0.05, 0) is 25.2 Å². The predicted molar refractivity (Wildman–Crippen MR) is 69.2 cm³/mol. The first-order valence-corrected chi connectivity index (χ1v) is 7.14. The quantitative estimate of drug-likeness (QED) is 0.831. The van der Waals surface area contributed by atoms with Gasteiger partial charge in [-0.1, -0.05) is 38.8 Å². The molecule has 18 heavy (non-hydrogen) atoms.